The summed E-state index contributed by atoms with van der Waals surface area (Å²) in [5.41, 5.74) is 1.98. The SMILES string of the molecule is CCC(CNCC(C)C)Oc1cccc2ccc(C)nc12. The number of nitrogens with one attached hydrogen (secondary N) is 1. The lowest BCUT2D eigenvalue weighted by atomic mass is 10.2. The Kier molecular flexibility index (Phi) is 5.57. The Morgan fingerprint density at radius 2 is 1.95 bits per heavy atom. The quantitative estimate of drug-likeness (QED) is 0.837. The third-order valence-electron chi connectivity index (χ3n) is 3.50. The van der Waals surface area contributed by atoms with Crippen molar-refractivity contribution >= 4 is 10.9 Å². The van der Waals surface area contributed by atoms with Crippen molar-refractivity contribution in [1.29, 1.82) is 0 Å². The zero-order chi connectivity index (χ0) is 15.2. The van der Waals surface area contributed by atoms with Crippen LogP contribution in [0.15, 0.2) is 30.3 Å². The lowest BCUT2D eigenvalue weighted by Crippen LogP contribution is -2.33. The molecule has 0 aliphatic carbocycles. The molecule has 1 atom stereocenters. The molecule has 2 rings (SSSR count). The normalized spacial score (nSPS) is 12.8. The van der Waals surface area contributed by atoms with E-state index in [9.17, 15) is 0 Å². The van der Waals surface area contributed by atoms with Crippen molar-refractivity contribution < 1.29 is 4.74 Å². The van der Waals surface area contributed by atoms with Crippen LogP contribution in [0.5, 0.6) is 5.75 Å². The molecule has 0 saturated carbocycles. The van der Waals surface area contributed by atoms with Crippen molar-refractivity contribution in [2.45, 2.75) is 40.2 Å². The van der Waals surface area contributed by atoms with Crippen molar-refractivity contribution in [1.82, 2.24) is 10.3 Å². The van der Waals surface area contributed by atoms with Crippen molar-refractivity contribution in [3.63, 3.8) is 0 Å². The van der Waals surface area contributed by atoms with Crippen LogP contribution >= 0.6 is 0 Å². The van der Waals surface area contributed by atoms with E-state index in [-0.39, 0.29) is 6.10 Å². The van der Waals surface area contributed by atoms with E-state index in [1.165, 1.54) is 0 Å². The molecular weight excluding hydrogens is 260 g/mol. The van der Waals surface area contributed by atoms with Crippen molar-refractivity contribution in [3.8, 4) is 5.75 Å². The molecule has 0 amide bonds. The zero-order valence-corrected chi connectivity index (χ0v) is 13.5. The number of aryl methyl sites for hydroxylation is 1. The first-order chi connectivity index (χ1) is 10.1. The second-order valence-corrected chi connectivity index (χ2v) is 5.98. The van der Waals surface area contributed by atoms with Crippen molar-refractivity contribution in [2.75, 3.05) is 13.1 Å². The molecule has 0 aliphatic rings. The van der Waals surface area contributed by atoms with Crippen LogP contribution in [0.4, 0.5) is 0 Å². The molecule has 2 aromatic rings. The maximum absolute atomic E-state index is 6.19. The number of pyridine rings is 1. The lowest BCUT2D eigenvalue weighted by Gasteiger charge is -2.20. The second-order valence-electron chi connectivity index (χ2n) is 5.98. The first-order valence-corrected chi connectivity index (χ1v) is 7.84. The van der Waals surface area contributed by atoms with Gasteiger partial charge in [-0.05, 0) is 37.9 Å². The fourth-order valence-corrected chi connectivity index (χ4v) is 2.29. The highest BCUT2D eigenvalue weighted by Gasteiger charge is 2.11. The van der Waals surface area contributed by atoms with Gasteiger partial charge in [-0.25, -0.2) is 4.98 Å². The smallest absolute Gasteiger partial charge is 0.146 e. The Hall–Kier alpha value is -1.61. The van der Waals surface area contributed by atoms with Gasteiger partial charge in [0, 0.05) is 17.6 Å². The van der Waals surface area contributed by atoms with Crippen LogP contribution in [-0.4, -0.2) is 24.2 Å². The number of benzene rings is 1. The largest absolute Gasteiger partial charge is 0.487 e. The summed E-state index contributed by atoms with van der Waals surface area (Å²) in [6, 6.07) is 10.3. The Morgan fingerprint density at radius 1 is 1.14 bits per heavy atom. The van der Waals surface area contributed by atoms with E-state index in [1.807, 2.05) is 25.1 Å². The minimum Gasteiger partial charge on any atom is -0.487 e. The lowest BCUT2D eigenvalue weighted by molar-refractivity contribution is 0.194. The predicted octanol–water partition coefficient (Wildman–Crippen LogP) is 3.95. The minimum atomic E-state index is 0.177. The van der Waals surface area contributed by atoms with E-state index in [1.54, 1.807) is 0 Å². The summed E-state index contributed by atoms with van der Waals surface area (Å²) in [4.78, 5) is 4.63. The molecule has 1 unspecified atom stereocenters. The van der Waals surface area contributed by atoms with Gasteiger partial charge in [-0.3, -0.25) is 0 Å². The highest BCUT2D eigenvalue weighted by molar-refractivity contribution is 5.84. The van der Waals surface area contributed by atoms with Crippen LogP contribution in [0.2, 0.25) is 0 Å². The monoisotopic (exact) mass is 286 g/mol. The molecular formula is C18H26N2O. The number of nitrogens with zero attached hydrogens (tertiary/aromatic N) is 1. The van der Waals surface area contributed by atoms with Crippen LogP contribution in [0.3, 0.4) is 0 Å². The van der Waals surface area contributed by atoms with Crippen LogP contribution in [0.1, 0.15) is 32.9 Å². The molecule has 3 heteroatoms. The van der Waals surface area contributed by atoms with Gasteiger partial charge in [0.25, 0.3) is 0 Å². The Morgan fingerprint density at radius 3 is 2.67 bits per heavy atom. The number of fused-ring (bicyclic) bond motifs is 1. The molecule has 0 saturated heterocycles. The van der Waals surface area contributed by atoms with Crippen LogP contribution in [0, 0.1) is 12.8 Å². The van der Waals surface area contributed by atoms with Gasteiger partial charge < -0.3 is 10.1 Å². The average Bonchev–Trinajstić information content (AvgIpc) is 2.46. The number of para-hydroxylation sites is 1. The predicted molar refractivity (Wildman–Crippen MR) is 88.9 cm³/mol. The van der Waals surface area contributed by atoms with Crippen LogP contribution in [0.25, 0.3) is 10.9 Å². The van der Waals surface area contributed by atoms with Crippen LogP contribution in [-0.2, 0) is 0 Å². The summed E-state index contributed by atoms with van der Waals surface area (Å²) in [7, 11) is 0. The first kappa shape index (κ1) is 15.8. The van der Waals surface area contributed by atoms with E-state index >= 15 is 0 Å². The summed E-state index contributed by atoms with van der Waals surface area (Å²) < 4.78 is 6.19. The van der Waals surface area contributed by atoms with Gasteiger partial charge in [-0.2, -0.15) is 0 Å². The maximum Gasteiger partial charge on any atom is 0.146 e. The van der Waals surface area contributed by atoms with Crippen LogP contribution < -0.4 is 10.1 Å². The first-order valence-electron chi connectivity index (χ1n) is 7.84. The van der Waals surface area contributed by atoms with E-state index in [4.69, 9.17) is 4.74 Å². The van der Waals surface area contributed by atoms with Crippen molar-refractivity contribution in [3.05, 3.63) is 36.0 Å². The summed E-state index contributed by atoms with van der Waals surface area (Å²) in [5, 5.41) is 4.60. The van der Waals surface area contributed by atoms with E-state index in [0.717, 1.165) is 41.9 Å². The van der Waals surface area contributed by atoms with E-state index < -0.39 is 0 Å². The number of rotatable bonds is 7. The van der Waals surface area contributed by atoms with E-state index in [0.29, 0.717) is 5.92 Å². The molecule has 114 valence electrons. The zero-order valence-electron chi connectivity index (χ0n) is 13.5. The van der Waals surface area contributed by atoms with Gasteiger partial charge in [0.15, 0.2) is 0 Å². The van der Waals surface area contributed by atoms with Crippen molar-refractivity contribution in [2.24, 2.45) is 5.92 Å². The third kappa shape index (κ3) is 4.43. The number of ether oxygens (including phenoxy) is 1. The summed E-state index contributed by atoms with van der Waals surface area (Å²) in [5.74, 6) is 1.54. The number of hydrogen-bond donors (Lipinski definition) is 1. The number of hydrogen-bond acceptors (Lipinski definition) is 3. The molecule has 1 N–H and O–H groups in total. The molecule has 1 aromatic heterocycles. The fourth-order valence-electron chi connectivity index (χ4n) is 2.29. The molecule has 1 heterocycles. The highest BCUT2D eigenvalue weighted by atomic mass is 16.5. The third-order valence-corrected chi connectivity index (χ3v) is 3.50. The van der Waals surface area contributed by atoms with Gasteiger partial charge >= 0.3 is 0 Å². The molecule has 3 nitrogen and oxygen atoms in total. The summed E-state index contributed by atoms with van der Waals surface area (Å²) in [6.07, 6.45) is 1.16. The Bertz CT molecular complexity index is 580. The van der Waals surface area contributed by atoms with Gasteiger partial charge in [-0.1, -0.05) is 39.0 Å². The highest BCUT2D eigenvalue weighted by Crippen LogP contribution is 2.25. The second kappa shape index (κ2) is 7.41. The number of aromatic nitrogens is 1. The van der Waals surface area contributed by atoms with Gasteiger partial charge in [-0.15, -0.1) is 0 Å². The van der Waals surface area contributed by atoms with Gasteiger partial charge in [0.1, 0.15) is 17.4 Å². The summed E-state index contributed by atoms with van der Waals surface area (Å²) >= 11 is 0. The van der Waals surface area contributed by atoms with E-state index in [2.05, 4.69) is 43.2 Å². The fraction of sp³-hybridized carbons (Fsp3) is 0.500. The molecule has 0 spiro atoms. The Balaban J connectivity index is 2.11. The van der Waals surface area contributed by atoms with Gasteiger partial charge in [0.2, 0.25) is 0 Å². The van der Waals surface area contributed by atoms with Gasteiger partial charge in [0.05, 0.1) is 0 Å². The average molecular weight is 286 g/mol. The molecule has 0 fully saturated rings. The molecule has 0 aliphatic heterocycles. The molecule has 0 radical (unpaired) electrons. The standard InChI is InChI=1S/C18H26N2O/c1-5-16(12-19-11-13(2)3)21-17-8-6-7-15-10-9-14(4)20-18(15)17/h6-10,13,16,19H,5,11-12H2,1-4H3. The topological polar surface area (TPSA) is 34.1 Å². The molecule has 0 bridgehead atoms. The maximum atomic E-state index is 6.19. The Labute approximate surface area is 127 Å². The molecule has 21 heavy (non-hydrogen) atoms. The molecule has 1 aromatic carbocycles. The minimum absolute atomic E-state index is 0.177. The summed E-state index contributed by atoms with van der Waals surface area (Å²) in [6.45, 7) is 10.5.